The topological polar surface area (TPSA) is 75.6 Å². The number of fused-ring (bicyclic) bond motifs is 3. The summed E-state index contributed by atoms with van der Waals surface area (Å²) in [6.07, 6.45) is 0.223. The molecule has 2 N–H and O–H groups in total. The Labute approximate surface area is 180 Å². The van der Waals surface area contributed by atoms with Crippen LogP contribution in [-0.4, -0.2) is 23.8 Å². The van der Waals surface area contributed by atoms with Gasteiger partial charge in [0.15, 0.2) is 0 Å². The van der Waals surface area contributed by atoms with Gasteiger partial charge in [0, 0.05) is 12.5 Å². The molecule has 2 aliphatic carbocycles. The monoisotopic (exact) mass is 413 g/mol. The Morgan fingerprint density at radius 2 is 1.61 bits per heavy atom. The van der Waals surface area contributed by atoms with Crippen LogP contribution in [0.5, 0.6) is 0 Å². The number of amides is 1. The predicted octanol–water partition coefficient (Wildman–Crippen LogP) is 4.91. The maximum absolute atomic E-state index is 12.4. The van der Waals surface area contributed by atoms with Gasteiger partial charge in [0.1, 0.15) is 6.61 Å². The number of carbonyl (C=O) groups is 2. The molecule has 1 saturated carbocycles. The molecule has 156 valence electrons. The lowest BCUT2D eigenvalue weighted by Gasteiger charge is -2.14. The summed E-state index contributed by atoms with van der Waals surface area (Å²) in [5, 5.41) is 11.9. The van der Waals surface area contributed by atoms with Crippen LogP contribution < -0.4 is 5.32 Å². The quantitative estimate of drug-likeness (QED) is 0.602. The van der Waals surface area contributed by atoms with Crippen LogP contribution in [-0.2, 0) is 16.1 Å². The summed E-state index contributed by atoms with van der Waals surface area (Å²) in [7, 11) is 0. The molecule has 3 aromatic carbocycles. The molecule has 5 heteroatoms. The highest BCUT2D eigenvalue weighted by molar-refractivity contribution is 5.79. The van der Waals surface area contributed by atoms with Crippen LogP contribution in [0.2, 0.25) is 0 Å². The van der Waals surface area contributed by atoms with Gasteiger partial charge in [-0.2, -0.15) is 0 Å². The third-order valence-corrected chi connectivity index (χ3v) is 6.27. The fourth-order valence-corrected chi connectivity index (χ4v) is 4.59. The summed E-state index contributed by atoms with van der Waals surface area (Å²) in [5.74, 6) is -0.922. The SMILES string of the molecule is O=C(NCc1cccc(C2CC2C(=O)O)c1)OCC1c2ccccc2-c2ccccc21. The highest BCUT2D eigenvalue weighted by Crippen LogP contribution is 2.47. The van der Waals surface area contributed by atoms with E-state index >= 15 is 0 Å². The molecule has 0 saturated heterocycles. The molecule has 1 amide bonds. The molecule has 31 heavy (non-hydrogen) atoms. The summed E-state index contributed by atoms with van der Waals surface area (Å²) >= 11 is 0. The highest BCUT2D eigenvalue weighted by Gasteiger charge is 2.44. The molecule has 1 fully saturated rings. The summed E-state index contributed by atoms with van der Waals surface area (Å²) in [5.41, 5.74) is 6.71. The van der Waals surface area contributed by atoms with E-state index in [1.165, 1.54) is 22.3 Å². The molecule has 0 spiro atoms. The number of nitrogens with one attached hydrogen (secondary N) is 1. The van der Waals surface area contributed by atoms with Crippen molar-refractivity contribution in [1.82, 2.24) is 5.32 Å². The molecule has 0 heterocycles. The van der Waals surface area contributed by atoms with Gasteiger partial charge < -0.3 is 15.2 Å². The van der Waals surface area contributed by atoms with Gasteiger partial charge >= 0.3 is 12.1 Å². The van der Waals surface area contributed by atoms with Gasteiger partial charge in [-0.1, -0.05) is 72.8 Å². The number of alkyl carbamates (subject to hydrolysis) is 1. The molecule has 0 aromatic heterocycles. The average molecular weight is 413 g/mol. The number of ether oxygens (including phenoxy) is 1. The summed E-state index contributed by atoms with van der Waals surface area (Å²) in [6.45, 7) is 0.622. The van der Waals surface area contributed by atoms with E-state index in [9.17, 15) is 9.59 Å². The molecular weight excluding hydrogens is 390 g/mol. The Balaban J connectivity index is 1.20. The number of carboxylic acid groups (broad SMARTS) is 1. The third kappa shape index (κ3) is 3.79. The number of benzene rings is 3. The molecular formula is C26H23NO4. The van der Waals surface area contributed by atoms with Crippen molar-refractivity contribution in [3.8, 4) is 11.1 Å². The first-order chi connectivity index (χ1) is 15.1. The number of hydrogen-bond acceptors (Lipinski definition) is 3. The number of rotatable bonds is 6. The lowest BCUT2D eigenvalue weighted by atomic mass is 9.98. The van der Waals surface area contributed by atoms with Crippen molar-refractivity contribution in [3.05, 3.63) is 95.1 Å². The lowest BCUT2D eigenvalue weighted by molar-refractivity contribution is -0.138. The van der Waals surface area contributed by atoms with Gasteiger partial charge in [-0.25, -0.2) is 4.79 Å². The van der Waals surface area contributed by atoms with Crippen molar-refractivity contribution < 1.29 is 19.4 Å². The van der Waals surface area contributed by atoms with E-state index in [0.717, 1.165) is 11.1 Å². The van der Waals surface area contributed by atoms with E-state index in [1.807, 2.05) is 48.5 Å². The van der Waals surface area contributed by atoms with Gasteiger partial charge in [-0.3, -0.25) is 4.79 Å². The minimum atomic E-state index is -0.743. The van der Waals surface area contributed by atoms with Crippen molar-refractivity contribution in [2.75, 3.05) is 6.61 Å². The molecule has 2 unspecified atom stereocenters. The van der Waals surface area contributed by atoms with E-state index < -0.39 is 12.1 Å². The van der Waals surface area contributed by atoms with Crippen molar-refractivity contribution in [2.45, 2.75) is 24.8 Å². The Bertz CT molecular complexity index is 1110. The zero-order valence-corrected chi connectivity index (χ0v) is 17.0. The largest absolute Gasteiger partial charge is 0.481 e. The van der Waals surface area contributed by atoms with Crippen molar-refractivity contribution in [1.29, 1.82) is 0 Å². The maximum atomic E-state index is 12.4. The predicted molar refractivity (Wildman–Crippen MR) is 117 cm³/mol. The molecule has 3 aromatic rings. The van der Waals surface area contributed by atoms with E-state index in [0.29, 0.717) is 13.0 Å². The lowest BCUT2D eigenvalue weighted by Crippen LogP contribution is -2.25. The first-order valence-electron chi connectivity index (χ1n) is 10.5. The summed E-state index contributed by atoms with van der Waals surface area (Å²) in [4.78, 5) is 23.5. The second kappa shape index (κ2) is 7.91. The minimum absolute atomic E-state index is 0.0318. The van der Waals surface area contributed by atoms with E-state index in [2.05, 4.69) is 29.6 Å². The molecule has 5 rings (SSSR count). The van der Waals surface area contributed by atoms with Crippen LogP contribution in [0.25, 0.3) is 11.1 Å². The van der Waals surface area contributed by atoms with Crippen LogP contribution in [0.15, 0.2) is 72.8 Å². The van der Waals surface area contributed by atoms with Crippen LogP contribution in [0.4, 0.5) is 4.79 Å². The Kier molecular flexibility index (Phi) is 4.94. The zero-order valence-electron chi connectivity index (χ0n) is 17.0. The first kappa shape index (κ1) is 19.4. The zero-order chi connectivity index (χ0) is 21.4. The number of carbonyl (C=O) groups excluding carboxylic acids is 1. The molecule has 5 nitrogen and oxygen atoms in total. The normalized spacial score (nSPS) is 18.7. The van der Waals surface area contributed by atoms with Gasteiger partial charge in [-0.15, -0.1) is 0 Å². The highest BCUT2D eigenvalue weighted by atomic mass is 16.5. The molecule has 0 aliphatic heterocycles. The Morgan fingerprint density at radius 3 is 2.26 bits per heavy atom. The van der Waals surface area contributed by atoms with Crippen LogP contribution in [0.1, 0.15) is 40.5 Å². The average Bonchev–Trinajstić information content (AvgIpc) is 3.54. The first-order valence-corrected chi connectivity index (χ1v) is 10.5. The fourth-order valence-electron chi connectivity index (χ4n) is 4.59. The second-order valence-electron chi connectivity index (χ2n) is 8.21. The van der Waals surface area contributed by atoms with Gasteiger partial charge in [0.2, 0.25) is 0 Å². The number of aliphatic carboxylic acids is 1. The Hall–Kier alpha value is -3.60. The van der Waals surface area contributed by atoms with Crippen molar-refractivity contribution >= 4 is 12.1 Å². The minimum Gasteiger partial charge on any atom is -0.481 e. The molecule has 2 aliphatic rings. The second-order valence-corrected chi connectivity index (χ2v) is 8.21. The fraction of sp³-hybridized carbons (Fsp3) is 0.231. The molecule has 0 radical (unpaired) electrons. The van der Waals surface area contributed by atoms with E-state index in [1.54, 1.807) is 0 Å². The van der Waals surface area contributed by atoms with Gasteiger partial charge in [0.05, 0.1) is 5.92 Å². The standard InChI is InChI=1S/C26H23NO4/c28-25(29)23-13-22(23)17-7-5-6-16(12-17)14-27-26(30)31-15-24-20-10-3-1-8-18(20)19-9-2-4-11-21(19)24/h1-12,22-24H,13-15H2,(H,27,30)(H,28,29). The van der Waals surface area contributed by atoms with E-state index in [-0.39, 0.29) is 24.4 Å². The van der Waals surface area contributed by atoms with Crippen molar-refractivity contribution in [2.24, 2.45) is 5.92 Å². The number of carboxylic acids is 1. The summed E-state index contributed by atoms with van der Waals surface area (Å²) in [6, 6.07) is 24.2. The molecule has 2 atom stereocenters. The van der Waals surface area contributed by atoms with Crippen molar-refractivity contribution in [3.63, 3.8) is 0 Å². The van der Waals surface area contributed by atoms with Crippen LogP contribution in [0, 0.1) is 5.92 Å². The smallest absolute Gasteiger partial charge is 0.407 e. The van der Waals surface area contributed by atoms with Crippen LogP contribution >= 0.6 is 0 Å². The number of hydrogen-bond donors (Lipinski definition) is 2. The summed E-state index contributed by atoms with van der Waals surface area (Å²) < 4.78 is 5.57. The Morgan fingerprint density at radius 1 is 0.935 bits per heavy atom. The maximum Gasteiger partial charge on any atom is 0.407 e. The van der Waals surface area contributed by atoms with Gasteiger partial charge in [-0.05, 0) is 45.7 Å². The van der Waals surface area contributed by atoms with E-state index in [4.69, 9.17) is 9.84 Å². The molecule has 0 bridgehead atoms. The third-order valence-electron chi connectivity index (χ3n) is 6.27. The van der Waals surface area contributed by atoms with Gasteiger partial charge in [0.25, 0.3) is 0 Å². The van der Waals surface area contributed by atoms with Crippen LogP contribution in [0.3, 0.4) is 0 Å².